The van der Waals surface area contributed by atoms with E-state index >= 15 is 0 Å². The standard InChI is InChI=1S/C14H24N2O4/c1-2-14(12(18)19)5-7-16(10-14)13(20)15-6-3-11(9-15)4-8-17/h11,17H,2-10H2,1H3,(H,18,19). The zero-order valence-electron chi connectivity index (χ0n) is 12.0. The maximum Gasteiger partial charge on any atom is 0.320 e. The fraction of sp³-hybridized carbons (Fsp3) is 0.857. The van der Waals surface area contributed by atoms with E-state index in [0.29, 0.717) is 44.9 Å². The highest BCUT2D eigenvalue weighted by Gasteiger charge is 2.46. The number of amides is 2. The molecule has 114 valence electrons. The summed E-state index contributed by atoms with van der Waals surface area (Å²) in [5.41, 5.74) is -0.764. The maximum atomic E-state index is 12.4. The predicted octanol–water partition coefficient (Wildman–Crippen LogP) is 0.997. The molecule has 6 nitrogen and oxygen atoms in total. The predicted molar refractivity (Wildman–Crippen MR) is 73.3 cm³/mol. The smallest absolute Gasteiger partial charge is 0.320 e. The molecule has 0 aromatic carbocycles. The molecule has 2 fully saturated rings. The van der Waals surface area contributed by atoms with E-state index in [-0.39, 0.29) is 12.6 Å². The molecule has 2 saturated heterocycles. The molecular formula is C14H24N2O4. The Hall–Kier alpha value is -1.30. The third-order valence-electron chi connectivity index (χ3n) is 4.85. The van der Waals surface area contributed by atoms with Crippen molar-refractivity contribution in [2.24, 2.45) is 11.3 Å². The van der Waals surface area contributed by atoms with Crippen LogP contribution in [0.2, 0.25) is 0 Å². The number of likely N-dealkylation sites (tertiary alicyclic amines) is 2. The van der Waals surface area contributed by atoms with E-state index in [2.05, 4.69) is 0 Å². The van der Waals surface area contributed by atoms with Gasteiger partial charge in [-0.1, -0.05) is 6.92 Å². The lowest BCUT2D eigenvalue weighted by Crippen LogP contribution is -2.43. The van der Waals surface area contributed by atoms with Crippen LogP contribution in [-0.2, 0) is 4.79 Å². The Labute approximate surface area is 119 Å². The van der Waals surface area contributed by atoms with Crippen LogP contribution in [0.15, 0.2) is 0 Å². The molecule has 0 aliphatic carbocycles. The van der Waals surface area contributed by atoms with Gasteiger partial charge in [0.2, 0.25) is 0 Å². The van der Waals surface area contributed by atoms with Crippen LogP contribution in [0.25, 0.3) is 0 Å². The van der Waals surface area contributed by atoms with E-state index in [1.807, 2.05) is 6.92 Å². The minimum absolute atomic E-state index is 0.0398. The van der Waals surface area contributed by atoms with Gasteiger partial charge in [-0.25, -0.2) is 4.79 Å². The molecule has 2 aliphatic rings. The molecule has 0 bridgehead atoms. The Kier molecular flexibility index (Phi) is 4.52. The summed E-state index contributed by atoms with van der Waals surface area (Å²) in [6.07, 6.45) is 2.76. The quantitative estimate of drug-likeness (QED) is 0.807. The van der Waals surface area contributed by atoms with Gasteiger partial charge in [0.25, 0.3) is 0 Å². The van der Waals surface area contributed by atoms with Crippen molar-refractivity contribution in [3.05, 3.63) is 0 Å². The number of hydrogen-bond acceptors (Lipinski definition) is 3. The summed E-state index contributed by atoms with van der Waals surface area (Å²) in [6, 6.07) is -0.0398. The van der Waals surface area contributed by atoms with Crippen LogP contribution in [0.4, 0.5) is 4.79 Å². The molecule has 0 aromatic rings. The Morgan fingerprint density at radius 3 is 2.60 bits per heavy atom. The lowest BCUT2D eigenvalue weighted by molar-refractivity contribution is -0.148. The van der Waals surface area contributed by atoms with Crippen LogP contribution in [0, 0.1) is 11.3 Å². The van der Waals surface area contributed by atoms with Crippen LogP contribution in [0.3, 0.4) is 0 Å². The maximum absolute atomic E-state index is 12.4. The van der Waals surface area contributed by atoms with Gasteiger partial charge in [-0.2, -0.15) is 0 Å². The first-order chi connectivity index (χ1) is 9.52. The lowest BCUT2D eigenvalue weighted by Gasteiger charge is -2.26. The van der Waals surface area contributed by atoms with E-state index in [1.54, 1.807) is 9.80 Å². The highest BCUT2D eigenvalue weighted by Crippen LogP contribution is 2.35. The summed E-state index contributed by atoms with van der Waals surface area (Å²) < 4.78 is 0. The molecule has 2 amide bonds. The number of carboxylic acid groups (broad SMARTS) is 1. The zero-order valence-corrected chi connectivity index (χ0v) is 12.0. The normalized spacial score (nSPS) is 30.0. The van der Waals surface area contributed by atoms with Crippen molar-refractivity contribution >= 4 is 12.0 Å². The first kappa shape index (κ1) is 15.1. The molecular weight excluding hydrogens is 260 g/mol. The van der Waals surface area contributed by atoms with Gasteiger partial charge in [-0.05, 0) is 31.6 Å². The molecule has 2 N–H and O–H groups in total. The summed E-state index contributed by atoms with van der Waals surface area (Å²) in [5, 5.41) is 18.3. The van der Waals surface area contributed by atoms with Crippen LogP contribution >= 0.6 is 0 Å². The number of rotatable bonds is 4. The lowest BCUT2D eigenvalue weighted by atomic mass is 9.84. The average Bonchev–Trinajstić information content (AvgIpc) is 3.05. The van der Waals surface area contributed by atoms with Crippen molar-refractivity contribution in [1.82, 2.24) is 9.80 Å². The molecule has 2 aliphatic heterocycles. The van der Waals surface area contributed by atoms with Gasteiger partial charge >= 0.3 is 12.0 Å². The molecule has 0 spiro atoms. The fourth-order valence-electron chi connectivity index (χ4n) is 3.27. The Morgan fingerprint density at radius 2 is 2.05 bits per heavy atom. The van der Waals surface area contributed by atoms with Crippen molar-refractivity contribution in [3.63, 3.8) is 0 Å². The second kappa shape index (κ2) is 5.99. The van der Waals surface area contributed by atoms with E-state index in [4.69, 9.17) is 5.11 Å². The number of nitrogens with zero attached hydrogens (tertiary/aromatic N) is 2. The van der Waals surface area contributed by atoms with Gasteiger partial charge in [0.05, 0.1) is 5.41 Å². The SMILES string of the molecule is CCC1(C(=O)O)CCN(C(=O)N2CCC(CCO)C2)C1. The molecule has 0 aromatic heterocycles. The Bertz CT molecular complexity index is 387. The van der Waals surface area contributed by atoms with Crippen molar-refractivity contribution < 1.29 is 19.8 Å². The number of urea groups is 1. The topological polar surface area (TPSA) is 81.1 Å². The molecule has 0 saturated carbocycles. The van der Waals surface area contributed by atoms with Crippen LogP contribution in [-0.4, -0.2) is 64.8 Å². The van der Waals surface area contributed by atoms with E-state index in [9.17, 15) is 14.7 Å². The van der Waals surface area contributed by atoms with E-state index in [1.165, 1.54) is 0 Å². The number of carboxylic acids is 1. The summed E-state index contributed by atoms with van der Waals surface area (Å²) in [7, 11) is 0. The largest absolute Gasteiger partial charge is 0.481 e. The van der Waals surface area contributed by atoms with Gasteiger partial charge in [-0.3, -0.25) is 4.79 Å². The average molecular weight is 284 g/mol. The van der Waals surface area contributed by atoms with Gasteiger partial charge in [-0.15, -0.1) is 0 Å². The minimum atomic E-state index is -0.796. The number of hydrogen-bond donors (Lipinski definition) is 2. The molecule has 2 atom stereocenters. The van der Waals surface area contributed by atoms with E-state index in [0.717, 1.165) is 12.8 Å². The summed E-state index contributed by atoms with van der Waals surface area (Å²) in [6.45, 7) is 4.27. The molecule has 0 radical (unpaired) electrons. The van der Waals surface area contributed by atoms with Gasteiger partial charge in [0.1, 0.15) is 0 Å². The van der Waals surface area contributed by atoms with Gasteiger partial charge in [0, 0.05) is 32.8 Å². The monoisotopic (exact) mass is 284 g/mol. The van der Waals surface area contributed by atoms with Crippen molar-refractivity contribution in [3.8, 4) is 0 Å². The molecule has 2 heterocycles. The summed E-state index contributed by atoms with van der Waals surface area (Å²) >= 11 is 0. The second-order valence-electron chi connectivity index (χ2n) is 6.01. The summed E-state index contributed by atoms with van der Waals surface area (Å²) in [5.74, 6) is -0.420. The van der Waals surface area contributed by atoms with Crippen molar-refractivity contribution in [1.29, 1.82) is 0 Å². The highest BCUT2D eigenvalue weighted by atomic mass is 16.4. The van der Waals surface area contributed by atoms with Crippen molar-refractivity contribution in [2.75, 3.05) is 32.8 Å². The van der Waals surface area contributed by atoms with Crippen LogP contribution in [0.1, 0.15) is 32.6 Å². The third-order valence-corrected chi connectivity index (χ3v) is 4.85. The zero-order chi connectivity index (χ0) is 14.8. The Morgan fingerprint density at radius 1 is 1.30 bits per heavy atom. The number of aliphatic carboxylic acids is 1. The number of carbonyl (C=O) groups excluding carboxylic acids is 1. The summed E-state index contributed by atoms with van der Waals surface area (Å²) in [4.78, 5) is 27.3. The highest BCUT2D eigenvalue weighted by molar-refractivity contribution is 5.80. The van der Waals surface area contributed by atoms with E-state index < -0.39 is 11.4 Å². The van der Waals surface area contributed by atoms with Gasteiger partial charge in [0.15, 0.2) is 0 Å². The first-order valence-electron chi connectivity index (χ1n) is 7.40. The number of aliphatic hydroxyl groups excluding tert-OH is 1. The third kappa shape index (κ3) is 2.75. The van der Waals surface area contributed by atoms with Gasteiger partial charge < -0.3 is 20.0 Å². The fourth-order valence-corrected chi connectivity index (χ4v) is 3.27. The molecule has 6 heteroatoms. The van der Waals surface area contributed by atoms with Crippen LogP contribution in [0.5, 0.6) is 0 Å². The van der Waals surface area contributed by atoms with Crippen molar-refractivity contribution in [2.45, 2.75) is 32.6 Å². The Balaban J connectivity index is 1.93. The second-order valence-corrected chi connectivity index (χ2v) is 6.01. The first-order valence-corrected chi connectivity index (χ1v) is 7.40. The molecule has 2 rings (SSSR count). The molecule has 2 unspecified atom stereocenters. The van der Waals surface area contributed by atoms with Crippen LogP contribution < -0.4 is 0 Å². The minimum Gasteiger partial charge on any atom is -0.481 e. The molecule has 20 heavy (non-hydrogen) atoms. The number of carbonyl (C=O) groups is 2. The number of aliphatic hydroxyl groups is 1.